The van der Waals surface area contributed by atoms with Gasteiger partial charge < -0.3 is 0 Å². The molecule has 0 saturated carbocycles. The van der Waals surface area contributed by atoms with Crippen molar-refractivity contribution in [2.45, 2.75) is 4.90 Å². The summed E-state index contributed by atoms with van der Waals surface area (Å²) in [6, 6.07) is 10.7. The molecule has 0 aliphatic carbocycles. The van der Waals surface area contributed by atoms with E-state index in [1.54, 1.807) is 0 Å². The zero-order valence-electron chi connectivity index (χ0n) is 10.5. The first-order chi connectivity index (χ1) is 9.90. The molecule has 0 fully saturated rings. The highest BCUT2D eigenvalue weighted by molar-refractivity contribution is 7.89. The van der Waals surface area contributed by atoms with Gasteiger partial charge >= 0.3 is 0 Å². The molecule has 21 heavy (non-hydrogen) atoms. The fourth-order valence-electron chi connectivity index (χ4n) is 1.50. The van der Waals surface area contributed by atoms with Gasteiger partial charge in [0.05, 0.1) is 0 Å². The molecule has 5 nitrogen and oxygen atoms in total. The van der Waals surface area contributed by atoms with E-state index in [4.69, 9.17) is 11.6 Å². The van der Waals surface area contributed by atoms with Crippen molar-refractivity contribution in [3.63, 3.8) is 0 Å². The summed E-state index contributed by atoms with van der Waals surface area (Å²) in [6.45, 7) is 0. The normalized spacial score (nSPS) is 11.1. The molecule has 2 aromatic rings. The molecule has 0 aromatic heterocycles. The smallest absolute Gasteiger partial charge is 0.266 e. The van der Waals surface area contributed by atoms with Crippen LogP contribution in [0.15, 0.2) is 53.4 Å². The van der Waals surface area contributed by atoms with Crippen LogP contribution in [0.4, 0.5) is 4.39 Å². The molecule has 2 aromatic carbocycles. The summed E-state index contributed by atoms with van der Waals surface area (Å²) < 4.78 is 37.1. The Bertz CT molecular complexity index is 763. The van der Waals surface area contributed by atoms with E-state index in [0.717, 1.165) is 12.1 Å². The molecule has 0 spiro atoms. The average molecular weight is 329 g/mol. The Morgan fingerprint density at radius 3 is 2.29 bits per heavy atom. The molecule has 0 radical (unpaired) electrons. The van der Waals surface area contributed by atoms with Crippen LogP contribution < -0.4 is 10.3 Å². The lowest BCUT2D eigenvalue weighted by Crippen LogP contribution is -2.41. The number of sulfonamides is 1. The average Bonchev–Trinajstić information content (AvgIpc) is 2.46. The number of hydrazine groups is 1. The third-order valence-corrected chi connectivity index (χ3v) is 4.06. The first-order valence-electron chi connectivity index (χ1n) is 5.72. The lowest BCUT2D eigenvalue weighted by molar-refractivity contribution is 0.0945. The predicted octanol–water partition coefficient (Wildman–Crippen LogP) is 2.10. The van der Waals surface area contributed by atoms with Crippen molar-refractivity contribution >= 4 is 27.5 Å². The molecule has 2 rings (SSSR count). The SMILES string of the molecule is O=C(NNS(=O)(=O)c1ccccc1F)c1ccc(Cl)cc1. The van der Waals surface area contributed by atoms with Crippen molar-refractivity contribution in [3.8, 4) is 0 Å². The van der Waals surface area contributed by atoms with E-state index in [1.165, 1.54) is 36.4 Å². The minimum Gasteiger partial charge on any atom is -0.273 e. The second-order valence-electron chi connectivity index (χ2n) is 4.00. The van der Waals surface area contributed by atoms with Gasteiger partial charge in [-0.3, -0.25) is 10.2 Å². The zero-order valence-corrected chi connectivity index (χ0v) is 12.1. The van der Waals surface area contributed by atoms with Crippen LogP contribution in [-0.4, -0.2) is 14.3 Å². The van der Waals surface area contributed by atoms with Gasteiger partial charge in [0.1, 0.15) is 10.7 Å². The van der Waals surface area contributed by atoms with Crippen LogP contribution in [0.2, 0.25) is 5.02 Å². The van der Waals surface area contributed by atoms with Crippen LogP contribution in [0, 0.1) is 5.82 Å². The van der Waals surface area contributed by atoms with Crippen molar-refractivity contribution in [3.05, 3.63) is 64.9 Å². The third kappa shape index (κ3) is 3.78. The summed E-state index contributed by atoms with van der Waals surface area (Å²) in [5.41, 5.74) is 2.20. The molecule has 2 N–H and O–H groups in total. The van der Waals surface area contributed by atoms with E-state index in [-0.39, 0.29) is 5.56 Å². The van der Waals surface area contributed by atoms with Gasteiger partial charge in [0.2, 0.25) is 0 Å². The maximum Gasteiger partial charge on any atom is 0.266 e. The van der Waals surface area contributed by atoms with Gasteiger partial charge in [0, 0.05) is 10.6 Å². The van der Waals surface area contributed by atoms with Gasteiger partial charge in [0.15, 0.2) is 0 Å². The minimum atomic E-state index is -4.19. The van der Waals surface area contributed by atoms with Crippen LogP contribution in [0.1, 0.15) is 10.4 Å². The summed E-state index contributed by atoms with van der Waals surface area (Å²) in [6.07, 6.45) is 0. The quantitative estimate of drug-likeness (QED) is 0.844. The number of carbonyl (C=O) groups excluding carboxylic acids is 1. The van der Waals surface area contributed by atoms with Gasteiger partial charge in [0.25, 0.3) is 15.9 Å². The Labute approximate surface area is 125 Å². The highest BCUT2D eigenvalue weighted by atomic mass is 35.5. The molecule has 0 aliphatic rings. The molecular formula is C13H10ClFN2O3S. The number of nitrogens with one attached hydrogen (secondary N) is 2. The first kappa shape index (κ1) is 15.4. The number of rotatable bonds is 4. The summed E-state index contributed by atoms with van der Waals surface area (Å²) in [7, 11) is -4.19. The predicted molar refractivity (Wildman–Crippen MR) is 75.6 cm³/mol. The highest BCUT2D eigenvalue weighted by Gasteiger charge is 2.19. The van der Waals surface area contributed by atoms with E-state index >= 15 is 0 Å². The molecular weight excluding hydrogens is 319 g/mol. The van der Waals surface area contributed by atoms with Gasteiger partial charge in [-0.2, -0.15) is 0 Å². The van der Waals surface area contributed by atoms with Crippen molar-refractivity contribution < 1.29 is 17.6 Å². The topological polar surface area (TPSA) is 75.3 Å². The number of benzene rings is 2. The molecule has 0 aliphatic heterocycles. The number of carbonyl (C=O) groups is 1. The van der Waals surface area contributed by atoms with Crippen LogP contribution in [0.25, 0.3) is 0 Å². The lowest BCUT2D eigenvalue weighted by Gasteiger charge is -2.09. The molecule has 0 saturated heterocycles. The lowest BCUT2D eigenvalue weighted by atomic mass is 10.2. The molecule has 1 amide bonds. The molecule has 8 heteroatoms. The van der Waals surface area contributed by atoms with Crippen LogP contribution in [-0.2, 0) is 10.0 Å². The van der Waals surface area contributed by atoms with Crippen molar-refractivity contribution in [2.24, 2.45) is 0 Å². The monoisotopic (exact) mass is 328 g/mol. The Kier molecular flexibility index (Phi) is 4.56. The van der Waals surface area contributed by atoms with E-state index in [9.17, 15) is 17.6 Å². The van der Waals surface area contributed by atoms with E-state index in [2.05, 4.69) is 0 Å². The third-order valence-electron chi connectivity index (χ3n) is 2.53. The molecule has 0 heterocycles. The van der Waals surface area contributed by atoms with Crippen molar-refractivity contribution in [2.75, 3.05) is 0 Å². The summed E-state index contributed by atoms with van der Waals surface area (Å²) in [5.74, 6) is -1.60. The molecule has 110 valence electrons. The number of halogens is 2. The Balaban J connectivity index is 2.10. The Hall–Kier alpha value is -1.96. The zero-order chi connectivity index (χ0) is 15.5. The maximum atomic E-state index is 13.4. The largest absolute Gasteiger partial charge is 0.273 e. The summed E-state index contributed by atoms with van der Waals surface area (Å²) in [4.78, 5) is 13.0. The highest BCUT2D eigenvalue weighted by Crippen LogP contribution is 2.13. The Morgan fingerprint density at radius 1 is 1.05 bits per heavy atom. The number of hydrogen-bond donors (Lipinski definition) is 2. The second-order valence-corrected chi connectivity index (χ2v) is 6.08. The van der Waals surface area contributed by atoms with Crippen LogP contribution in [0.3, 0.4) is 0 Å². The van der Waals surface area contributed by atoms with Gasteiger partial charge in [-0.05, 0) is 36.4 Å². The van der Waals surface area contributed by atoms with E-state index < -0.39 is 26.6 Å². The van der Waals surface area contributed by atoms with Crippen LogP contribution >= 0.6 is 11.6 Å². The summed E-state index contributed by atoms with van der Waals surface area (Å²) >= 11 is 5.68. The maximum absolute atomic E-state index is 13.4. The fraction of sp³-hybridized carbons (Fsp3) is 0. The van der Waals surface area contributed by atoms with E-state index in [0.29, 0.717) is 5.02 Å². The minimum absolute atomic E-state index is 0.204. The second kappa shape index (κ2) is 6.21. The van der Waals surface area contributed by atoms with Gasteiger partial charge in [-0.1, -0.05) is 23.7 Å². The Morgan fingerprint density at radius 2 is 1.67 bits per heavy atom. The number of amides is 1. The molecule has 0 unspecified atom stereocenters. The fourth-order valence-corrected chi connectivity index (χ4v) is 2.55. The standard InChI is InChI=1S/C13H10ClFN2O3S/c14-10-7-5-9(6-8-10)13(18)16-17-21(19,20)12-4-2-1-3-11(12)15/h1-8,17H,(H,16,18). The first-order valence-corrected chi connectivity index (χ1v) is 7.58. The van der Waals surface area contributed by atoms with Gasteiger partial charge in [-0.25, -0.2) is 12.8 Å². The van der Waals surface area contributed by atoms with Crippen molar-refractivity contribution in [1.82, 2.24) is 10.3 Å². The van der Waals surface area contributed by atoms with Crippen molar-refractivity contribution in [1.29, 1.82) is 0 Å². The molecule has 0 bridgehead atoms. The number of hydrogen-bond acceptors (Lipinski definition) is 3. The molecule has 0 atom stereocenters. The summed E-state index contributed by atoms with van der Waals surface area (Å²) in [5, 5.41) is 0.443. The van der Waals surface area contributed by atoms with E-state index in [1.807, 2.05) is 10.3 Å². The van der Waals surface area contributed by atoms with Gasteiger partial charge in [-0.15, -0.1) is 4.83 Å². The van der Waals surface area contributed by atoms with Crippen LogP contribution in [0.5, 0.6) is 0 Å².